The highest BCUT2D eigenvalue weighted by molar-refractivity contribution is 9.10. The first-order chi connectivity index (χ1) is 9.70. The van der Waals surface area contributed by atoms with Crippen molar-refractivity contribution in [1.29, 1.82) is 0 Å². The molecule has 0 aliphatic rings. The van der Waals surface area contributed by atoms with E-state index in [-0.39, 0.29) is 5.91 Å². The number of methoxy groups -OCH3 is 1. The Labute approximate surface area is 125 Å². The third-order valence-electron chi connectivity index (χ3n) is 2.59. The SMILES string of the molecule is COc1ccc(Br)cc1C(=O)NN=Cc1ccccc1. The van der Waals surface area contributed by atoms with Crippen LogP contribution in [0.25, 0.3) is 0 Å². The Balaban J connectivity index is 2.09. The van der Waals surface area contributed by atoms with E-state index in [0.29, 0.717) is 11.3 Å². The van der Waals surface area contributed by atoms with Crippen molar-refractivity contribution < 1.29 is 9.53 Å². The molecule has 0 radical (unpaired) electrons. The fourth-order valence-electron chi connectivity index (χ4n) is 1.62. The molecule has 1 N–H and O–H groups in total. The summed E-state index contributed by atoms with van der Waals surface area (Å²) in [5.74, 6) is 0.177. The van der Waals surface area contributed by atoms with Gasteiger partial charge in [0.25, 0.3) is 5.91 Å². The lowest BCUT2D eigenvalue weighted by Gasteiger charge is -2.07. The van der Waals surface area contributed by atoms with E-state index in [1.807, 2.05) is 36.4 Å². The average Bonchev–Trinajstić information content (AvgIpc) is 2.48. The molecule has 0 heterocycles. The Kier molecular flexibility index (Phi) is 4.90. The highest BCUT2D eigenvalue weighted by Gasteiger charge is 2.11. The van der Waals surface area contributed by atoms with Gasteiger partial charge in [-0.25, -0.2) is 5.43 Å². The molecular weight excluding hydrogens is 320 g/mol. The maximum absolute atomic E-state index is 12.0. The topological polar surface area (TPSA) is 50.7 Å². The van der Waals surface area contributed by atoms with Crippen molar-refractivity contribution in [2.45, 2.75) is 0 Å². The van der Waals surface area contributed by atoms with Gasteiger partial charge in [0, 0.05) is 4.47 Å². The van der Waals surface area contributed by atoms with Gasteiger partial charge in [-0.15, -0.1) is 0 Å². The highest BCUT2D eigenvalue weighted by atomic mass is 79.9. The normalized spacial score (nSPS) is 10.5. The van der Waals surface area contributed by atoms with E-state index in [4.69, 9.17) is 4.74 Å². The number of ether oxygens (including phenoxy) is 1. The number of carbonyl (C=O) groups excluding carboxylic acids is 1. The summed E-state index contributed by atoms with van der Waals surface area (Å²) >= 11 is 3.32. The number of hydrogen-bond donors (Lipinski definition) is 1. The van der Waals surface area contributed by atoms with Gasteiger partial charge in [-0.2, -0.15) is 5.10 Å². The van der Waals surface area contributed by atoms with Crippen LogP contribution in [0.3, 0.4) is 0 Å². The molecule has 2 aromatic rings. The van der Waals surface area contributed by atoms with Crippen molar-refractivity contribution in [2.24, 2.45) is 5.10 Å². The number of rotatable bonds is 4. The second kappa shape index (κ2) is 6.86. The smallest absolute Gasteiger partial charge is 0.275 e. The molecule has 0 fully saturated rings. The lowest BCUT2D eigenvalue weighted by atomic mass is 10.2. The molecule has 5 heteroatoms. The number of amides is 1. The highest BCUT2D eigenvalue weighted by Crippen LogP contribution is 2.22. The van der Waals surface area contributed by atoms with Crippen molar-refractivity contribution in [3.8, 4) is 5.75 Å². The minimum atomic E-state index is -0.324. The molecule has 20 heavy (non-hydrogen) atoms. The number of hydrogen-bond acceptors (Lipinski definition) is 3. The van der Waals surface area contributed by atoms with Crippen LogP contribution in [0.2, 0.25) is 0 Å². The minimum absolute atomic E-state index is 0.324. The predicted octanol–water partition coefficient (Wildman–Crippen LogP) is 3.22. The van der Waals surface area contributed by atoms with E-state index >= 15 is 0 Å². The molecule has 0 atom stereocenters. The summed E-state index contributed by atoms with van der Waals surface area (Å²) < 4.78 is 5.95. The number of nitrogens with zero attached hydrogens (tertiary/aromatic N) is 1. The molecule has 0 saturated carbocycles. The number of benzene rings is 2. The molecule has 102 valence electrons. The lowest BCUT2D eigenvalue weighted by Crippen LogP contribution is -2.18. The zero-order chi connectivity index (χ0) is 14.4. The maximum atomic E-state index is 12.0. The minimum Gasteiger partial charge on any atom is -0.496 e. The summed E-state index contributed by atoms with van der Waals surface area (Å²) in [5, 5.41) is 3.93. The predicted molar refractivity (Wildman–Crippen MR) is 82.2 cm³/mol. The molecule has 0 spiro atoms. The largest absolute Gasteiger partial charge is 0.496 e. The van der Waals surface area contributed by atoms with Gasteiger partial charge in [-0.3, -0.25) is 4.79 Å². The monoisotopic (exact) mass is 332 g/mol. The van der Waals surface area contributed by atoms with Gasteiger partial charge < -0.3 is 4.74 Å². The summed E-state index contributed by atoms with van der Waals surface area (Å²) in [5.41, 5.74) is 3.81. The van der Waals surface area contributed by atoms with Crippen LogP contribution < -0.4 is 10.2 Å². The van der Waals surface area contributed by atoms with Crippen molar-refractivity contribution in [3.05, 3.63) is 64.1 Å². The first kappa shape index (κ1) is 14.3. The Hall–Kier alpha value is -2.14. The summed E-state index contributed by atoms with van der Waals surface area (Å²) in [6.45, 7) is 0. The third kappa shape index (κ3) is 3.68. The van der Waals surface area contributed by atoms with Gasteiger partial charge >= 0.3 is 0 Å². The van der Waals surface area contributed by atoms with Gasteiger partial charge in [0.1, 0.15) is 5.75 Å². The Morgan fingerprint density at radius 1 is 1.25 bits per heavy atom. The number of carbonyl (C=O) groups is 1. The Bertz CT molecular complexity index is 627. The Morgan fingerprint density at radius 3 is 2.70 bits per heavy atom. The third-order valence-corrected chi connectivity index (χ3v) is 3.08. The average molecular weight is 333 g/mol. The van der Waals surface area contributed by atoms with Crippen LogP contribution in [-0.2, 0) is 0 Å². The van der Waals surface area contributed by atoms with Gasteiger partial charge in [-0.1, -0.05) is 46.3 Å². The zero-order valence-electron chi connectivity index (χ0n) is 10.8. The molecule has 0 saturated heterocycles. The standard InChI is InChI=1S/C15H13BrN2O2/c1-20-14-8-7-12(16)9-13(14)15(19)18-17-10-11-5-3-2-4-6-11/h2-10H,1H3,(H,18,19). The summed E-state index contributed by atoms with van der Waals surface area (Å²) in [6, 6.07) is 14.7. The first-order valence-corrected chi connectivity index (χ1v) is 6.72. The molecule has 1 amide bonds. The molecule has 4 nitrogen and oxygen atoms in total. The molecule has 0 bridgehead atoms. The molecule has 2 aromatic carbocycles. The van der Waals surface area contributed by atoms with Crippen molar-refractivity contribution in [2.75, 3.05) is 7.11 Å². The molecule has 0 aliphatic carbocycles. The van der Waals surface area contributed by atoms with Crippen molar-refractivity contribution in [1.82, 2.24) is 5.43 Å². The van der Waals surface area contributed by atoms with Crippen LogP contribution in [0.4, 0.5) is 0 Å². The van der Waals surface area contributed by atoms with Crippen molar-refractivity contribution in [3.63, 3.8) is 0 Å². The summed E-state index contributed by atoms with van der Waals surface area (Å²) in [7, 11) is 1.52. The molecule has 0 unspecified atom stereocenters. The van der Waals surface area contributed by atoms with E-state index in [1.165, 1.54) is 7.11 Å². The quantitative estimate of drug-likeness (QED) is 0.690. The van der Waals surface area contributed by atoms with Crippen LogP contribution in [-0.4, -0.2) is 19.2 Å². The summed E-state index contributed by atoms with van der Waals surface area (Å²) in [6.07, 6.45) is 1.59. The van der Waals surface area contributed by atoms with Crippen LogP contribution >= 0.6 is 15.9 Å². The van der Waals surface area contributed by atoms with E-state index < -0.39 is 0 Å². The van der Waals surface area contributed by atoms with Crippen LogP contribution in [0, 0.1) is 0 Å². The zero-order valence-corrected chi connectivity index (χ0v) is 12.4. The van der Waals surface area contributed by atoms with E-state index in [9.17, 15) is 4.79 Å². The van der Waals surface area contributed by atoms with Gasteiger partial charge in [0.2, 0.25) is 0 Å². The first-order valence-electron chi connectivity index (χ1n) is 5.92. The van der Waals surface area contributed by atoms with Crippen LogP contribution in [0.5, 0.6) is 5.75 Å². The Morgan fingerprint density at radius 2 is 2.00 bits per heavy atom. The number of halogens is 1. The fourth-order valence-corrected chi connectivity index (χ4v) is 1.98. The molecular formula is C15H13BrN2O2. The van der Waals surface area contributed by atoms with E-state index in [2.05, 4.69) is 26.5 Å². The lowest BCUT2D eigenvalue weighted by molar-refractivity contribution is 0.0952. The van der Waals surface area contributed by atoms with Crippen LogP contribution in [0.15, 0.2) is 58.1 Å². The molecule has 0 aliphatic heterocycles. The number of hydrazone groups is 1. The molecule has 0 aromatic heterocycles. The maximum Gasteiger partial charge on any atom is 0.275 e. The number of nitrogens with one attached hydrogen (secondary N) is 1. The van der Waals surface area contributed by atoms with Gasteiger partial charge in [0.05, 0.1) is 18.9 Å². The van der Waals surface area contributed by atoms with E-state index in [1.54, 1.807) is 18.3 Å². The second-order valence-electron chi connectivity index (χ2n) is 3.95. The van der Waals surface area contributed by atoms with Crippen LogP contribution in [0.1, 0.15) is 15.9 Å². The summed E-state index contributed by atoms with van der Waals surface area (Å²) in [4.78, 5) is 12.0. The van der Waals surface area contributed by atoms with Gasteiger partial charge in [-0.05, 0) is 23.8 Å². The fraction of sp³-hybridized carbons (Fsp3) is 0.0667. The van der Waals surface area contributed by atoms with Gasteiger partial charge in [0.15, 0.2) is 0 Å². The molecule has 2 rings (SSSR count). The van der Waals surface area contributed by atoms with Crippen molar-refractivity contribution >= 4 is 28.1 Å². The second-order valence-corrected chi connectivity index (χ2v) is 4.87. The van der Waals surface area contributed by atoms with E-state index in [0.717, 1.165) is 10.0 Å².